The maximum absolute atomic E-state index is 13.0. The molecule has 7 heteroatoms. The molecule has 2 aromatic carbocycles. The number of ether oxygens (including phenoxy) is 1. The molecular formula is C19H13Cl2N3O2. The Labute approximate surface area is 160 Å². The van der Waals surface area contributed by atoms with Gasteiger partial charge in [-0.1, -0.05) is 23.2 Å². The third-order valence-electron chi connectivity index (χ3n) is 3.90. The van der Waals surface area contributed by atoms with Gasteiger partial charge in [-0.25, -0.2) is 0 Å². The Hall–Kier alpha value is -2.94. The van der Waals surface area contributed by atoms with E-state index in [1.54, 1.807) is 49.6 Å². The fourth-order valence-electron chi connectivity index (χ4n) is 2.59. The molecule has 5 nitrogen and oxygen atoms in total. The minimum Gasteiger partial charge on any atom is -0.497 e. The molecule has 26 heavy (non-hydrogen) atoms. The standard InChI is InChI=1S/C19H13Cl2N3O2/c1-26-14-5-2-11(3-6-14)19(25)18-17(23)12(9-22)10-24(18)16-7-4-13(20)8-15(16)21/h2-8,10H,23H2,1H3. The van der Waals surface area contributed by atoms with E-state index < -0.39 is 0 Å². The SMILES string of the molecule is COc1ccc(C(=O)c2c(N)c(C#N)cn2-c2ccc(Cl)cc2Cl)cc1. The zero-order valence-electron chi connectivity index (χ0n) is 13.7. The van der Waals surface area contributed by atoms with Gasteiger partial charge >= 0.3 is 0 Å². The summed E-state index contributed by atoms with van der Waals surface area (Å²) in [7, 11) is 1.54. The van der Waals surface area contributed by atoms with Gasteiger partial charge in [-0.15, -0.1) is 0 Å². The molecule has 0 amide bonds. The second kappa shape index (κ2) is 7.12. The van der Waals surface area contributed by atoms with Crippen molar-refractivity contribution in [2.45, 2.75) is 0 Å². The van der Waals surface area contributed by atoms with Crippen molar-refractivity contribution < 1.29 is 9.53 Å². The third-order valence-corrected chi connectivity index (χ3v) is 4.44. The van der Waals surface area contributed by atoms with Crippen LogP contribution in [0.2, 0.25) is 10.0 Å². The third kappa shape index (κ3) is 3.13. The van der Waals surface area contributed by atoms with E-state index in [1.165, 1.54) is 10.8 Å². The fourth-order valence-corrected chi connectivity index (χ4v) is 3.09. The number of hydrogen-bond donors (Lipinski definition) is 1. The topological polar surface area (TPSA) is 81.0 Å². The van der Waals surface area contributed by atoms with Gasteiger partial charge in [0.1, 0.15) is 17.5 Å². The van der Waals surface area contributed by atoms with Gasteiger partial charge < -0.3 is 15.0 Å². The minimum absolute atomic E-state index is 0.0966. The van der Waals surface area contributed by atoms with Gasteiger partial charge in [-0.2, -0.15) is 5.26 Å². The van der Waals surface area contributed by atoms with Gasteiger partial charge in [0.25, 0.3) is 0 Å². The number of anilines is 1. The molecule has 0 bridgehead atoms. The summed E-state index contributed by atoms with van der Waals surface area (Å²) < 4.78 is 6.62. The molecule has 0 spiro atoms. The zero-order valence-corrected chi connectivity index (χ0v) is 15.2. The highest BCUT2D eigenvalue weighted by Gasteiger charge is 2.23. The van der Waals surface area contributed by atoms with Crippen molar-refractivity contribution in [3.8, 4) is 17.5 Å². The molecule has 0 aliphatic heterocycles. The van der Waals surface area contributed by atoms with Crippen LogP contribution in [-0.4, -0.2) is 17.5 Å². The number of benzene rings is 2. The number of rotatable bonds is 4. The first-order chi connectivity index (χ1) is 12.5. The Balaban J connectivity index is 2.18. The van der Waals surface area contributed by atoms with Crippen LogP contribution in [0.1, 0.15) is 21.6 Å². The summed E-state index contributed by atoms with van der Waals surface area (Å²) >= 11 is 12.2. The van der Waals surface area contributed by atoms with Gasteiger partial charge in [-0.05, 0) is 42.5 Å². The largest absolute Gasteiger partial charge is 0.497 e. The van der Waals surface area contributed by atoms with Crippen molar-refractivity contribution in [3.63, 3.8) is 0 Å². The van der Waals surface area contributed by atoms with E-state index in [2.05, 4.69) is 0 Å². The number of nitrogens with zero attached hydrogens (tertiary/aromatic N) is 2. The number of aromatic nitrogens is 1. The summed E-state index contributed by atoms with van der Waals surface area (Å²) in [6, 6.07) is 13.5. The van der Waals surface area contributed by atoms with Crippen molar-refractivity contribution in [3.05, 3.63) is 75.5 Å². The van der Waals surface area contributed by atoms with Crippen LogP contribution >= 0.6 is 23.2 Å². The number of nitriles is 1. The van der Waals surface area contributed by atoms with E-state index in [4.69, 9.17) is 33.7 Å². The van der Waals surface area contributed by atoms with E-state index in [9.17, 15) is 10.1 Å². The smallest absolute Gasteiger partial charge is 0.211 e. The number of ketones is 1. The van der Waals surface area contributed by atoms with Crippen molar-refractivity contribution in [1.29, 1.82) is 5.26 Å². The normalized spacial score (nSPS) is 10.4. The van der Waals surface area contributed by atoms with E-state index in [-0.39, 0.29) is 22.7 Å². The molecule has 1 heterocycles. The molecule has 0 atom stereocenters. The highest BCUT2D eigenvalue weighted by molar-refractivity contribution is 6.35. The Bertz CT molecular complexity index is 1030. The number of nitrogens with two attached hydrogens (primary N) is 1. The van der Waals surface area contributed by atoms with Crippen LogP contribution in [0, 0.1) is 11.3 Å². The lowest BCUT2D eigenvalue weighted by atomic mass is 10.1. The quantitative estimate of drug-likeness (QED) is 0.671. The van der Waals surface area contributed by atoms with Crippen LogP contribution in [0.25, 0.3) is 5.69 Å². The molecular weight excluding hydrogens is 373 g/mol. The van der Waals surface area contributed by atoms with Gasteiger partial charge in [0.15, 0.2) is 0 Å². The first-order valence-electron chi connectivity index (χ1n) is 7.51. The number of halogens is 2. The molecule has 2 N–H and O–H groups in total. The molecule has 0 fully saturated rings. The van der Waals surface area contributed by atoms with Crippen molar-refractivity contribution in [1.82, 2.24) is 4.57 Å². The summed E-state index contributed by atoms with van der Waals surface area (Å²) in [6.45, 7) is 0. The summed E-state index contributed by atoms with van der Waals surface area (Å²) in [4.78, 5) is 13.0. The lowest BCUT2D eigenvalue weighted by molar-refractivity contribution is 0.103. The number of carbonyl (C=O) groups is 1. The first-order valence-corrected chi connectivity index (χ1v) is 8.27. The number of nitrogen functional groups attached to an aromatic ring is 1. The van der Waals surface area contributed by atoms with E-state index in [1.807, 2.05) is 6.07 Å². The molecule has 3 aromatic rings. The van der Waals surface area contributed by atoms with Crippen molar-refractivity contribution in [2.75, 3.05) is 12.8 Å². The molecule has 0 radical (unpaired) electrons. The average molecular weight is 386 g/mol. The van der Waals surface area contributed by atoms with E-state index in [0.717, 1.165) is 0 Å². The predicted molar refractivity (Wildman–Crippen MR) is 101 cm³/mol. The molecule has 0 aliphatic carbocycles. The number of hydrogen-bond acceptors (Lipinski definition) is 4. The molecule has 0 saturated carbocycles. The average Bonchev–Trinajstić information content (AvgIpc) is 2.97. The molecule has 130 valence electrons. The van der Waals surface area contributed by atoms with Gasteiger partial charge in [0.05, 0.1) is 29.1 Å². The Morgan fingerprint density at radius 3 is 2.46 bits per heavy atom. The van der Waals surface area contributed by atoms with E-state index in [0.29, 0.717) is 27.0 Å². The highest BCUT2D eigenvalue weighted by atomic mass is 35.5. The maximum atomic E-state index is 13.0. The predicted octanol–water partition coefficient (Wildman–Crippen LogP) is 4.48. The number of methoxy groups -OCH3 is 1. The van der Waals surface area contributed by atoms with Crippen molar-refractivity contribution in [2.24, 2.45) is 0 Å². The Morgan fingerprint density at radius 2 is 1.88 bits per heavy atom. The molecule has 3 rings (SSSR count). The minimum atomic E-state index is -0.335. The summed E-state index contributed by atoms with van der Waals surface area (Å²) in [5.41, 5.74) is 7.43. The van der Waals surface area contributed by atoms with Gasteiger partial charge in [0, 0.05) is 16.8 Å². The van der Waals surface area contributed by atoms with Crippen LogP contribution in [0.4, 0.5) is 5.69 Å². The Morgan fingerprint density at radius 1 is 1.19 bits per heavy atom. The van der Waals surface area contributed by atoms with Gasteiger partial charge in [-0.3, -0.25) is 4.79 Å². The molecule has 0 saturated heterocycles. The highest BCUT2D eigenvalue weighted by Crippen LogP contribution is 2.31. The fraction of sp³-hybridized carbons (Fsp3) is 0.0526. The molecule has 1 aromatic heterocycles. The van der Waals surface area contributed by atoms with E-state index >= 15 is 0 Å². The van der Waals surface area contributed by atoms with Crippen molar-refractivity contribution >= 4 is 34.7 Å². The van der Waals surface area contributed by atoms with Crippen LogP contribution in [-0.2, 0) is 0 Å². The second-order valence-corrected chi connectivity index (χ2v) is 6.28. The first kappa shape index (κ1) is 17.9. The number of carbonyl (C=O) groups excluding carboxylic acids is 1. The van der Waals surface area contributed by atoms with Crippen LogP contribution in [0.15, 0.2) is 48.7 Å². The summed E-state index contributed by atoms with van der Waals surface area (Å²) in [5.74, 6) is 0.293. The van der Waals surface area contributed by atoms with Crippen LogP contribution < -0.4 is 10.5 Å². The lowest BCUT2D eigenvalue weighted by Crippen LogP contribution is -2.11. The van der Waals surface area contributed by atoms with Gasteiger partial charge in [0.2, 0.25) is 5.78 Å². The molecule has 0 aliphatic rings. The van der Waals surface area contributed by atoms with Crippen LogP contribution in [0.3, 0.4) is 0 Å². The second-order valence-electron chi connectivity index (χ2n) is 5.44. The zero-order chi connectivity index (χ0) is 18.8. The Kier molecular flexibility index (Phi) is 4.90. The summed E-state index contributed by atoms with van der Waals surface area (Å²) in [6.07, 6.45) is 1.49. The van der Waals surface area contributed by atoms with Crippen LogP contribution in [0.5, 0.6) is 5.75 Å². The molecule has 0 unspecified atom stereocenters. The maximum Gasteiger partial charge on any atom is 0.211 e. The lowest BCUT2D eigenvalue weighted by Gasteiger charge is -2.11. The monoisotopic (exact) mass is 385 g/mol. The summed E-state index contributed by atoms with van der Waals surface area (Å²) in [5, 5.41) is 10.1.